The first-order valence-electron chi connectivity index (χ1n) is 12.2. The highest BCUT2D eigenvalue weighted by atomic mass is 31.1. The first kappa shape index (κ1) is 23.7. The fraction of sp³-hybridized carbons (Fsp3) is 0.0909. The van der Waals surface area contributed by atoms with Crippen molar-refractivity contribution < 1.29 is 0 Å². The van der Waals surface area contributed by atoms with Gasteiger partial charge in [-0.05, 0) is 55.2 Å². The van der Waals surface area contributed by atoms with E-state index in [1.165, 1.54) is 32.9 Å². The Balaban J connectivity index is 1.55. The molecule has 0 radical (unpaired) electrons. The third kappa shape index (κ3) is 5.97. The number of hydrogen-bond acceptors (Lipinski definition) is 0. The first-order valence-corrected chi connectivity index (χ1v) is 15.2. The monoisotopic (exact) mass is 488 g/mol. The maximum atomic E-state index is 2.33. The van der Waals surface area contributed by atoms with Gasteiger partial charge in [-0.3, -0.25) is 0 Å². The van der Waals surface area contributed by atoms with E-state index in [1.807, 2.05) is 0 Å². The minimum atomic E-state index is -0.549. The highest BCUT2D eigenvalue weighted by Gasteiger charge is 2.27. The predicted molar refractivity (Wildman–Crippen MR) is 157 cm³/mol. The van der Waals surface area contributed by atoms with Crippen molar-refractivity contribution in [3.63, 3.8) is 0 Å². The molecule has 0 N–H and O–H groups in total. The van der Waals surface area contributed by atoms with E-state index in [-0.39, 0.29) is 0 Å². The molecule has 0 spiro atoms. The molecule has 0 aliphatic rings. The van der Waals surface area contributed by atoms with E-state index in [9.17, 15) is 0 Å². The standard InChI is InChI=1S/C33H30P2/c1-6-16-28(17-7-1)33(35(31-22-12-4-13-23-31)32-24-14-5-15-25-32)26-27-34(29-18-8-2-9-19-29)30-20-10-3-11-21-30/h1-25,33H,26-27H2. The zero-order chi connectivity index (χ0) is 23.7. The molecule has 0 saturated carbocycles. The van der Waals surface area contributed by atoms with Gasteiger partial charge < -0.3 is 0 Å². The highest BCUT2D eigenvalue weighted by molar-refractivity contribution is 7.74. The van der Waals surface area contributed by atoms with Crippen molar-refractivity contribution in [2.24, 2.45) is 0 Å². The lowest BCUT2D eigenvalue weighted by Crippen LogP contribution is -2.20. The Hall–Kier alpha value is -3.04. The Morgan fingerprint density at radius 1 is 0.400 bits per heavy atom. The molecule has 5 aromatic carbocycles. The van der Waals surface area contributed by atoms with Crippen molar-refractivity contribution in [1.29, 1.82) is 0 Å². The molecule has 0 saturated heterocycles. The Morgan fingerprint density at radius 3 is 1.14 bits per heavy atom. The third-order valence-electron chi connectivity index (χ3n) is 6.33. The van der Waals surface area contributed by atoms with Gasteiger partial charge in [0.2, 0.25) is 0 Å². The van der Waals surface area contributed by atoms with Crippen molar-refractivity contribution in [3.05, 3.63) is 157 Å². The van der Waals surface area contributed by atoms with Crippen LogP contribution in [0.1, 0.15) is 17.6 Å². The van der Waals surface area contributed by atoms with Crippen molar-refractivity contribution in [2.75, 3.05) is 6.16 Å². The van der Waals surface area contributed by atoms with E-state index in [1.54, 1.807) is 0 Å². The Bertz CT molecular complexity index is 1190. The zero-order valence-electron chi connectivity index (χ0n) is 19.8. The van der Waals surface area contributed by atoms with Crippen LogP contribution >= 0.6 is 15.8 Å². The zero-order valence-corrected chi connectivity index (χ0v) is 21.6. The van der Waals surface area contributed by atoms with Gasteiger partial charge in [0, 0.05) is 5.66 Å². The van der Waals surface area contributed by atoms with E-state index in [0.29, 0.717) is 5.66 Å². The van der Waals surface area contributed by atoms with Crippen molar-refractivity contribution >= 4 is 37.1 Å². The summed E-state index contributed by atoms with van der Waals surface area (Å²) < 4.78 is 0. The molecule has 0 nitrogen and oxygen atoms in total. The summed E-state index contributed by atoms with van der Waals surface area (Å²) in [5, 5.41) is 5.83. The molecule has 0 aromatic heterocycles. The van der Waals surface area contributed by atoms with Crippen LogP contribution in [-0.2, 0) is 0 Å². The van der Waals surface area contributed by atoms with Crippen molar-refractivity contribution in [3.8, 4) is 0 Å². The van der Waals surface area contributed by atoms with Crippen LogP contribution in [0.5, 0.6) is 0 Å². The molecule has 0 aliphatic heterocycles. The number of benzene rings is 5. The minimum Gasteiger partial charge on any atom is -0.0622 e. The van der Waals surface area contributed by atoms with E-state index in [4.69, 9.17) is 0 Å². The van der Waals surface area contributed by atoms with Gasteiger partial charge in [0.05, 0.1) is 0 Å². The summed E-state index contributed by atoms with van der Waals surface area (Å²) in [5.41, 5.74) is 1.90. The number of rotatable bonds is 9. The summed E-state index contributed by atoms with van der Waals surface area (Å²) in [5.74, 6) is 0. The quantitative estimate of drug-likeness (QED) is 0.190. The fourth-order valence-electron chi connectivity index (χ4n) is 4.68. The fourth-order valence-corrected chi connectivity index (χ4v) is 10.1. The maximum absolute atomic E-state index is 2.33. The highest BCUT2D eigenvalue weighted by Crippen LogP contribution is 2.53. The summed E-state index contributed by atoms with van der Waals surface area (Å²) in [4.78, 5) is 0. The second kappa shape index (κ2) is 12.1. The summed E-state index contributed by atoms with van der Waals surface area (Å²) in [7, 11) is -0.975. The van der Waals surface area contributed by atoms with Crippen LogP contribution in [0.4, 0.5) is 0 Å². The average molecular weight is 489 g/mol. The molecule has 0 amide bonds. The smallest absolute Gasteiger partial charge is 0.0126 e. The lowest BCUT2D eigenvalue weighted by atomic mass is 10.1. The molecule has 0 bridgehead atoms. The van der Waals surface area contributed by atoms with E-state index in [2.05, 4.69) is 152 Å². The first-order chi connectivity index (χ1) is 17.4. The molecular weight excluding hydrogens is 458 g/mol. The van der Waals surface area contributed by atoms with Crippen molar-refractivity contribution in [2.45, 2.75) is 12.1 Å². The lowest BCUT2D eigenvalue weighted by Gasteiger charge is -2.31. The summed E-state index contributed by atoms with van der Waals surface area (Å²) in [6, 6.07) is 55.7. The Labute approximate surface area is 212 Å². The molecule has 1 unspecified atom stereocenters. The summed E-state index contributed by atoms with van der Waals surface area (Å²) in [6.07, 6.45) is 2.32. The molecule has 5 aromatic rings. The molecule has 2 heteroatoms. The SMILES string of the molecule is c1ccc(C(CCP(c2ccccc2)c2ccccc2)P(c2ccccc2)c2ccccc2)cc1. The molecule has 5 rings (SSSR count). The second-order valence-corrected chi connectivity index (χ2v) is 13.3. The van der Waals surface area contributed by atoms with E-state index in [0.717, 1.165) is 6.42 Å². The van der Waals surface area contributed by atoms with Gasteiger partial charge >= 0.3 is 0 Å². The Morgan fingerprint density at radius 2 is 0.743 bits per heavy atom. The number of hydrogen-bond donors (Lipinski definition) is 0. The molecule has 0 heterocycles. The molecule has 172 valence electrons. The molecule has 1 atom stereocenters. The third-order valence-corrected chi connectivity index (χ3v) is 11.8. The van der Waals surface area contributed by atoms with Gasteiger partial charge in [0.25, 0.3) is 0 Å². The van der Waals surface area contributed by atoms with Crippen LogP contribution in [0.3, 0.4) is 0 Å². The molecule has 0 fully saturated rings. The van der Waals surface area contributed by atoms with Gasteiger partial charge in [-0.1, -0.05) is 152 Å². The van der Waals surface area contributed by atoms with Gasteiger partial charge in [-0.25, -0.2) is 0 Å². The van der Waals surface area contributed by atoms with Crippen LogP contribution in [0.2, 0.25) is 0 Å². The molecular formula is C33H30P2. The van der Waals surface area contributed by atoms with Crippen LogP contribution < -0.4 is 21.2 Å². The van der Waals surface area contributed by atoms with E-state index >= 15 is 0 Å². The predicted octanol–water partition coefficient (Wildman–Crippen LogP) is 7.38. The average Bonchev–Trinajstić information content (AvgIpc) is 2.95. The molecule has 0 aliphatic carbocycles. The molecule has 35 heavy (non-hydrogen) atoms. The Kier molecular flexibility index (Phi) is 8.18. The van der Waals surface area contributed by atoms with Crippen LogP contribution in [-0.4, -0.2) is 6.16 Å². The van der Waals surface area contributed by atoms with E-state index < -0.39 is 15.8 Å². The van der Waals surface area contributed by atoms with Crippen molar-refractivity contribution in [1.82, 2.24) is 0 Å². The van der Waals surface area contributed by atoms with Crippen LogP contribution in [0.15, 0.2) is 152 Å². The largest absolute Gasteiger partial charge is 0.0622 e. The topological polar surface area (TPSA) is 0 Å². The van der Waals surface area contributed by atoms with Crippen LogP contribution in [0, 0.1) is 0 Å². The van der Waals surface area contributed by atoms with Gasteiger partial charge in [-0.2, -0.15) is 0 Å². The second-order valence-electron chi connectivity index (χ2n) is 8.58. The lowest BCUT2D eigenvalue weighted by molar-refractivity contribution is 0.896. The summed E-state index contributed by atoms with van der Waals surface area (Å²) in [6.45, 7) is 0. The van der Waals surface area contributed by atoms with Gasteiger partial charge in [-0.15, -0.1) is 0 Å². The minimum absolute atomic E-state index is 0.426. The summed E-state index contributed by atoms with van der Waals surface area (Å²) >= 11 is 0. The normalized spacial score (nSPS) is 12.1. The van der Waals surface area contributed by atoms with Gasteiger partial charge in [0.1, 0.15) is 0 Å². The van der Waals surface area contributed by atoms with Crippen LogP contribution in [0.25, 0.3) is 0 Å². The maximum Gasteiger partial charge on any atom is 0.0126 e. The van der Waals surface area contributed by atoms with Gasteiger partial charge in [0.15, 0.2) is 0 Å².